The van der Waals surface area contributed by atoms with E-state index in [4.69, 9.17) is 11.5 Å². The quantitative estimate of drug-likeness (QED) is 0.774. The van der Waals surface area contributed by atoms with Gasteiger partial charge in [0.2, 0.25) is 5.91 Å². The Kier molecular flexibility index (Phi) is 2.82. The van der Waals surface area contributed by atoms with Crippen LogP contribution >= 0.6 is 0 Å². The molecule has 0 aliphatic rings. The van der Waals surface area contributed by atoms with Gasteiger partial charge in [-0.05, 0) is 18.2 Å². The molecule has 1 aromatic heterocycles. The molecule has 0 spiro atoms. The topological polar surface area (TPSA) is 86.9 Å². The predicted molar refractivity (Wildman–Crippen MR) is 65.9 cm³/mol. The summed E-state index contributed by atoms with van der Waals surface area (Å²) in [5.41, 5.74) is 12.9. The van der Waals surface area contributed by atoms with Gasteiger partial charge in [-0.3, -0.25) is 4.79 Å². The molecule has 0 radical (unpaired) electrons. The van der Waals surface area contributed by atoms with Gasteiger partial charge in [0.25, 0.3) is 0 Å². The first kappa shape index (κ1) is 11.2. The van der Waals surface area contributed by atoms with Gasteiger partial charge in [-0.15, -0.1) is 0 Å². The molecule has 88 valence electrons. The van der Waals surface area contributed by atoms with Crippen LogP contribution in [0.15, 0.2) is 30.6 Å². The van der Waals surface area contributed by atoms with Crippen molar-refractivity contribution in [1.82, 2.24) is 9.55 Å². The molecule has 0 fully saturated rings. The Morgan fingerprint density at radius 2 is 2.24 bits per heavy atom. The van der Waals surface area contributed by atoms with E-state index in [0.717, 1.165) is 17.9 Å². The van der Waals surface area contributed by atoms with E-state index < -0.39 is 5.91 Å². The lowest BCUT2D eigenvalue weighted by atomic mass is 10.1. The predicted octanol–water partition coefficient (Wildman–Crippen LogP) is 1.12. The number of hydrogen-bond acceptors (Lipinski definition) is 3. The normalized spacial score (nSPS) is 10.4. The van der Waals surface area contributed by atoms with Crippen LogP contribution in [0.2, 0.25) is 0 Å². The van der Waals surface area contributed by atoms with E-state index in [-0.39, 0.29) is 0 Å². The van der Waals surface area contributed by atoms with E-state index in [0.29, 0.717) is 11.3 Å². The van der Waals surface area contributed by atoms with Gasteiger partial charge < -0.3 is 16.0 Å². The van der Waals surface area contributed by atoms with Crippen molar-refractivity contribution in [2.75, 3.05) is 5.73 Å². The lowest BCUT2D eigenvalue weighted by Gasteiger charge is -2.10. The SMILES string of the molecule is CCc1nccn1-c1cc(C(N)=O)ccc1N. The molecular formula is C12H14N4O. The lowest BCUT2D eigenvalue weighted by Crippen LogP contribution is -2.12. The molecule has 5 heteroatoms. The van der Waals surface area contributed by atoms with Crippen LogP contribution in [0.25, 0.3) is 5.69 Å². The fourth-order valence-electron chi connectivity index (χ4n) is 1.72. The number of aromatic nitrogens is 2. The zero-order chi connectivity index (χ0) is 12.4. The standard InChI is InChI=1S/C12H14N4O/c1-2-11-15-5-6-16(11)10-7-8(12(14)17)3-4-9(10)13/h3-7H,2,13H2,1H3,(H2,14,17). The molecule has 0 aliphatic carbocycles. The van der Waals surface area contributed by atoms with Crippen molar-refractivity contribution in [2.45, 2.75) is 13.3 Å². The Morgan fingerprint density at radius 1 is 1.47 bits per heavy atom. The van der Waals surface area contributed by atoms with Crippen LogP contribution in [0.5, 0.6) is 0 Å². The van der Waals surface area contributed by atoms with Crippen LogP contribution in [0.1, 0.15) is 23.1 Å². The first-order valence-corrected chi connectivity index (χ1v) is 5.35. The largest absolute Gasteiger partial charge is 0.397 e. The monoisotopic (exact) mass is 230 g/mol. The fraction of sp³-hybridized carbons (Fsp3) is 0.167. The number of aryl methyl sites for hydroxylation is 1. The van der Waals surface area contributed by atoms with Gasteiger partial charge in [-0.1, -0.05) is 6.92 Å². The average molecular weight is 230 g/mol. The maximum atomic E-state index is 11.1. The minimum absolute atomic E-state index is 0.435. The molecule has 0 saturated carbocycles. The number of rotatable bonds is 3. The highest BCUT2D eigenvalue weighted by Crippen LogP contribution is 2.20. The van der Waals surface area contributed by atoms with E-state index >= 15 is 0 Å². The van der Waals surface area contributed by atoms with Crippen LogP contribution in [0.3, 0.4) is 0 Å². The van der Waals surface area contributed by atoms with Gasteiger partial charge in [-0.25, -0.2) is 4.98 Å². The molecule has 0 bridgehead atoms. The second kappa shape index (κ2) is 4.29. The van der Waals surface area contributed by atoms with Gasteiger partial charge in [0.15, 0.2) is 0 Å². The Labute approximate surface area is 99.1 Å². The molecule has 0 unspecified atom stereocenters. The van der Waals surface area contributed by atoms with Crippen LogP contribution < -0.4 is 11.5 Å². The highest BCUT2D eigenvalue weighted by Gasteiger charge is 2.09. The maximum Gasteiger partial charge on any atom is 0.248 e. The van der Waals surface area contributed by atoms with Crippen molar-refractivity contribution in [2.24, 2.45) is 5.73 Å². The van der Waals surface area contributed by atoms with Crippen LogP contribution in [-0.2, 0) is 6.42 Å². The number of imidazole rings is 1. The van der Waals surface area contributed by atoms with E-state index in [1.807, 2.05) is 17.7 Å². The van der Waals surface area contributed by atoms with Gasteiger partial charge in [0.05, 0.1) is 11.4 Å². The summed E-state index contributed by atoms with van der Waals surface area (Å²) in [6, 6.07) is 4.97. The maximum absolute atomic E-state index is 11.1. The molecule has 1 aromatic carbocycles. The third kappa shape index (κ3) is 1.99. The second-order valence-corrected chi connectivity index (χ2v) is 3.70. The summed E-state index contributed by atoms with van der Waals surface area (Å²) >= 11 is 0. The molecule has 2 rings (SSSR count). The zero-order valence-electron chi connectivity index (χ0n) is 9.55. The molecule has 2 aromatic rings. The Morgan fingerprint density at radius 3 is 2.88 bits per heavy atom. The number of nitrogens with zero attached hydrogens (tertiary/aromatic N) is 2. The number of hydrogen-bond donors (Lipinski definition) is 2. The molecular weight excluding hydrogens is 216 g/mol. The number of nitrogen functional groups attached to an aromatic ring is 1. The van der Waals surface area contributed by atoms with Crippen LogP contribution in [-0.4, -0.2) is 15.5 Å². The number of amides is 1. The number of primary amides is 1. The summed E-state index contributed by atoms with van der Waals surface area (Å²) in [5.74, 6) is 0.419. The Hall–Kier alpha value is -2.30. The van der Waals surface area contributed by atoms with Gasteiger partial charge in [-0.2, -0.15) is 0 Å². The number of benzene rings is 1. The van der Waals surface area contributed by atoms with Crippen molar-refractivity contribution in [1.29, 1.82) is 0 Å². The van der Waals surface area contributed by atoms with Crippen molar-refractivity contribution >= 4 is 11.6 Å². The van der Waals surface area contributed by atoms with Gasteiger partial charge >= 0.3 is 0 Å². The summed E-state index contributed by atoms with van der Waals surface area (Å²) in [6.07, 6.45) is 4.30. The van der Waals surface area contributed by atoms with E-state index in [9.17, 15) is 4.79 Å². The van der Waals surface area contributed by atoms with Crippen molar-refractivity contribution in [3.8, 4) is 5.69 Å². The molecule has 0 saturated heterocycles. The summed E-state index contributed by atoms with van der Waals surface area (Å²) in [7, 11) is 0. The van der Waals surface area contributed by atoms with Crippen molar-refractivity contribution in [3.05, 3.63) is 42.0 Å². The molecule has 17 heavy (non-hydrogen) atoms. The van der Waals surface area contributed by atoms with Crippen molar-refractivity contribution in [3.63, 3.8) is 0 Å². The molecule has 5 nitrogen and oxygen atoms in total. The van der Waals surface area contributed by atoms with E-state index in [1.165, 1.54) is 0 Å². The minimum atomic E-state index is -0.468. The number of anilines is 1. The van der Waals surface area contributed by atoms with Crippen molar-refractivity contribution < 1.29 is 4.79 Å². The number of nitrogens with two attached hydrogens (primary N) is 2. The first-order valence-electron chi connectivity index (χ1n) is 5.35. The van der Waals surface area contributed by atoms with Gasteiger partial charge in [0, 0.05) is 24.4 Å². The lowest BCUT2D eigenvalue weighted by molar-refractivity contribution is 0.100. The van der Waals surface area contributed by atoms with Crippen LogP contribution in [0, 0.1) is 0 Å². The van der Waals surface area contributed by atoms with E-state index in [1.54, 1.807) is 24.4 Å². The third-order valence-corrected chi connectivity index (χ3v) is 2.61. The fourth-order valence-corrected chi connectivity index (χ4v) is 1.72. The second-order valence-electron chi connectivity index (χ2n) is 3.70. The minimum Gasteiger partial charge on any atom is -0.397 e. The molecule has 1 amide bonds. The highest BCUT2D eigenvalue weighted by atomic mass is 16.1. The molecule has 0 aliphatic heterocycles. The summed E-state index contributed by atoms with van der Waals surface area (Å²) < 4.78 is 1.86. The average Bonchev–Trinajstić information content (AvgIpc) is 2.77. The molecule has 4 N–H and O–H groups in total. The Balaban J connectivity index is 2.58. The summed E-state index contributed by atoms with van der Waals surface area (Å²) in [6.45, 7) is 2.01. The van der Waals surface area contributed by atoms with E-state index in [2.05, 4.69) is 4.98 Å². The summed E-state index contributed by atoms with van der Waals surface area (Å²) in [4.78, 5) is 15.4. The summed E-state index contributed by atoms with van der Waals surface area (Å²) in [5, 5.41) is 0. The number of carbonyl (C=O) groups excluding carboxylic acids is 1. The first-order chi connectivity index (χ1) is 8.13. The third-order valence-electron chi connectivity index (χ3n) is 2.61. The highest BCUT2D eigenvalue weighted by molar-refractivity contribution is 5.94. The Bertz CT molecular complexity index is 559. The van der Waals surface area contributed by atoms with Gasteiger partial charge in [0.1, 0.15) is 5.82 Å². The molecule has 1 heterocycles. The van der Waals surface area contributed by atoms with Crippen LogP contribution in [0.4, 0.5) is 5.69 Å². The zero-order valence-corrected chi connectivity index (χ0v) is 9.55. The smallest absolute Gasteiger partial charge is 0.248 e. The molecule has 0 atom stereocenters. The number of carbonyl (C=O) groups is 1.